The highest BCUT2D eigenvalue weighted by atomic mass is 35.5. The molecule has 7 nitrogen and oxygen atoms in total. The summed E-state index contributed by atoms with van der Waals surface area (Å²) in [6, 6.07) is 5.75. The van der Waals surface area contributed by atoms with Crippen molar-refractivity contribution >= 4 is 17.5 Å². The Balaban J connectivity index is 1.17. The van der Waals surface area contributed by atoms with Gasteiger partial charge in [0, 0.05) is 44.0 Å². The highest BCUT2D eigenvalue weighted by Crippen LogP contribution is 2.62. The minimum Gasteiger partial charge on any atom is -0.492 e. The monoisotopic (exact) mass is 435 g/mol. The minimum absolute atomic E-state index is 0.116. The number of ether oxygens (including phenoxy) is 2. The van der Waals surface area contributed by atoms with Crippen LogP contribution in [0.25, 0.3) is 0 Å². The minimum atomic E-state index is -0.504. The van der Waals surface area contributed by atoms with Crippen molar-refractivity contribution in [2.24, 2.45) is 23.5 Å². The number of hydrogen-bond donors (Lipinski definition) is 3. The number of carbonyl (C=O) groups is 1. The van der Waals surface area contributed by atoms with E-state index in [1.807, 2.05) is 18.2 Å². The van der Waals surface area contributed by atoms with Crippen molar-refractivity contribution in [2.75, 3.05) is 39.5 Å². The van der Waals surface area contributed by atoms with Gasteiger partial charge in [-0.3, -0.25) is 9.69 Å². The summed E-state index contributed by atoms with van der Waals surface area (Å²) in [7, 11) is 0. The maximum absolute atomic E-state index is 12.8. The Morgan fingerprint density at radius 3 is 3.03 bits per heavy atom. The number of nitrogens with zero attached hydrogens (tertiary/aromatic N) is 1. The molecule has 2 saturated heterocycles. The second-order valence-electron chi connectivity index (χ2n) is 9.09. The molecular weight excluding hydrogens is 406 g/mol. The van der Waals surface area contributed by atoms with Crippen molar-refractivity contribution in [3.05, 3.63) is 29.3 Å². The van der Waals surface area contributed by atoms with Crippen LogP contribution in [0.5, 0.6) is 5.75 Å². The molecule has 1 saturated carbocycles. The number of carbonyl (C=O) groups excluding carboxylic acids is 1. The molecule has 4 aliphatic rings. The average Bonchev–Trinajstić information content (AvgIpc) is 3.25. The van der Waals surface area contributed by atoms with Gasteiger partial charge in [0.1, 0.15) is 5.75 Å². The first-order chi connectivity index (χ1) is 14.5. The summed E-state index contributed by atoms with van der Waals surface area (Å²) in [4.78, 5) is 14.5. The van der Waals surface area contributed by atoms with Crippen LogP contribution in [0, 0.1) is 17.8 Å². The van der Waals surface area contributed by atoms with Crippen LogP contribution in [0.4, 0.5) is 0 Å². The van der Waals surface area contributed by atoms with E-state index in [0.717, 1.165) is 43.7 Å². The Bertz CT molecular complexity index is 824. The first-order valence-electron chi connectivity index (χ1n) is 11.0. The molecule has 0 radical (unpaired) electrons. The molecule has 5 rings (SSSR count). The topological polar surface area (TPSA) is 97.0 Å². The van der Waals surface area contributed by atoms with Gasteiger partial charge in [0.05, 0.1) is 35.9 Å². The Morgan fingerprint density at radius 1 is 1.40 bits per heavy atom. The second-order valence-corrected chi connectivity index (χ2v) is 9.74. The zero-order chi connectivity index (χ0) is 20.9. The predicted octanol–water partition coefficient (Wildman–Crippen LogP) is 0.963. The van der Waals surface area contributed by atoms with Gasteiger partial charge >= 0.3 is 0 Å². The van der Waals surface area contributed by atoms with Crippen LogP contribution in [0.15, 0.2) is 18.2 Å². The number of benzene rings is 1. The van der Waals surface area contributed by atoms with Gasteiger partial charge in [0.15, 0.2) is 0 Å². The number of hydrogen-bond acceptors (Lipinski definition) is 6. The summed E-state index contributed by atoms with van der Waals surface area (Å²) < 4.78 is 11.1. The van der Waals surface area contributed by atoms with E-state index >= 15 is 0 Å². The maximum atomic E-state index is 12.8. The van der Waals surface area contributed by atoms with Crippen molar-refractivity contribution in [1.29, 1.82) is 0 Å². The molecule has 6 unspecified atom stereocenters. The number of piperidine rings is 1. The summed E-state index contributed by atoms with van der Waals surface area (Å²) in [5.41, 5.74) is 8.20. The maximum Gasteiger partial charge on any atom is 0.255 e. The van der Waals surface area contributed by atoms with E-state index in [1.54, 1.807) is 0 Å². The molecule has 4 N–H and O–H groups in total. The van der Waals surface area contributed by atoms with E-state index in [9.17, 15) is 9.90 Å². The number of likely N-dealkylation sites (tertiary alicyclic amines) is 1. The quantitative estimate of drug-likeness (QED) is 0.596. The van der Waals surface area contributed by atoms with Gasteiger partial charge in [-0.1, -0.05) is 12.1 Å². The summed E-state index contributed by atoms with van der Waals surface area (Å²) >= 11 is 6.92. The fraction of sp³-hybridized carbons (Fsp3) is 0.682. The van der Waals surface area contributed by atoms with Crippen LogP contribution in [-0.2, 0) is 11.2 Å². The van der Waals surface area contributed by atoms with Crippen LogP contribution in [0.3, 0.4) is 0 Å². The van der Waals surface area contributed by atoms with Gasteiger partial charge < -0.3 is 25.6 Å². The summed E-state index contributed by atoms with van der Waals surface area (Å²) in [5.74, 6) is 1.19. The smallest absolute Gasteiger partial charge is 0.255 e. The molecule has 1 aliphatic carbocycles. The molecule has 0 bridgehead atoms. The lowest BCUT2D eigenvalue weighted by Gasteiger charge is -2.35. The molecule has 8 heteroatoms. The number of amides is 1. The van der Waals surface area contributed by atoms with Crippen LogP contribution in [0.1, 0.15) is 28.8 Å². The van der Waals surface area contributed by atoms with Gasteiger partial charge in [0.25, 0.3) is 5.91 Å². The van der Waals surface area contributed by atoms with Crippen molar-refractivity contribution < 1.29 is 19.4 Å². The predicted molar refractivity (Wildman–Crippen MR) is 113 cm³/mol. The van der Waals surface area contributed by atoms with Gasteiger partial charge in [0.2, 0.25) is 0 Å². The number of para-hydroxylation sites is 1. The van der Waals surface area contributed by atoms with Gasteiger partial charge in [-0.05, 0) is 30.9 Å². The van der Waals surface area contributed by atoms with Gasteiger partial charge in [-0.15, -0.1) is 11.6 Å². The third-order valence-electron chi connectivity index (χ3n) is 7.39. The number of rotatable bonds is 5. The Labute approximate surface area is 181 Å². The Hall–Kier alpha value is -1.38. The lowest BCUT2D eigenvalue weighted by atomic mass is 9.96. The first kappa shape index (κ1) is 20.5. The standard InChI is InChI=1S/C22H30ClN3O4/c23-22-16(9-25-20(28)15-5-1-3-13-4-2-7-30-19(13)15)17(22)11-26(21(22)24)10-14-6-8-29-12-18(14)27/h1,3,5,14,16-18,21,27H,2,4,6-12,24H2,(H,25,28). The molecule has 3 fully saturated rings. The Morgan fingerprint density at radius 2 is 2.27 bits per heavy atom. The lowest BCUT2D eigenvalue weighted by molar-refractivity contribution is -0.0546. The Kier molecular flexibility index (Phi) is 5.44. The third-order valence-corrected chi connectivity index (χ3v) is 8.17. The van der Waals surface area contributed by atoms with E-state index < -0.39 is 11.0 Å². The van der Waals surface area contributed by atoms with Crippen LogP contribution < -0.4 is 15.8 Å². The zero-order valence-corrected chi connectivity index (χ0v) is 17.8. The van der Waals surface area contributed by atoms with Crippen LogP contribution in [-0.4, -0.2) is 72.5 Å². The van der Waals surface area contributed by atoms with Crippen molar-refractivity contribution in [1.82, 2.24) is 10.2 Å². The van der Waals surface area contributed by atoms with E-state index in [0.29, 0.717) is 31.9 Å². The molecular formula is C22H30ClN3O4. The normalized spacial score (nSPS) is 37.8. The van der Waals surface area contributed by atoms with Crippen molar-refractivity contribution in [2.45, 2.75) is 36.4 Å². The first-order valence-corrected chi connectivity index (χ1v) is 11.3. The highest BCUT2D eigenvalue weighted by Gasteiger charge is 2.72. The molecule has 1 aromatic rings. The molecule has 1 amide bonds. The second kappa shape index (κ2) is 7.95. The molecule has 0 aromatic heterocycles. The lowest BCUT2D eigenvalue weighted by Crippen LogP contribution is -2.51. The van der Waals surface area contributed by atoms with Gasteiger partial charge in [-0.25, -0.2) is 0 Å². The van der Waals surface area contributed by atoms with Crippen molar-refractivity contribution in [3.8, 4) is 5.75 Å². The summed E-state index contributed by atoms with van der Waals surface area (Å²) in [6.45, 7) is 3.78. The van der Waals surface area contributed by atoms with Crippen molar-refractivity contribution in [3.63, 3.8) is 0 Å². The number of aryl methyl sites for hydroxylation is 1. The highest BCUT2D eigenvalue weighted by molar-refractivity contribution is 6.27. The molecule has 6 atom stereocenters. The fourth-order valence-corrected chi connectivity index (χ4v) is 6.04. The number of nitrogens with one attached hydrogen (secondary N) is 1. The summed E-state index contributed by atoms with van der Waals surface area (Å²) in [5, 5.41) is 13.2. The summed E-state index contributed by atoms with van der Waals surface area (Å²) in [6.07, 6.45) is 2.05. The number of nitrogens with two attached hydrogens (primary N) is 1. The number of alkyl halides is 1. The number of aliphatic hydroxyl groups excluding tert-OH is 1. The fourth-order valence-electron chi connectivity index (χ4n) is 5.51. The molecule has 3 aliphatic heterocycles. The molecule has 0 spiro atoms. The number of halogens is 1. The molecule has 164 valence electrons. The largest absolute Gasteiger partial charge is 0.492 e. The van der Waals surface area contributed by atoms with Gasteiger partial charge in [-0.2, -0.15) is 0 Å². The van der Waals surface area contributed by atoms with E-state index in [1.165, 1.54) is 0 Å². The zero-order valence-electron chi connectivity index (χ0n) is 17.1. The third kappa shape index (κ3) is 3.41. The van der Waals surface area contributed by atoms with Crippen LogP contribution in [0.2, 0.25) is 0 Å². The average molecular weight is 436 g/mol. The number of aliphatic hydroxyl groups is 1. The number of fused-ring (bicyclic) bond motifs is 2. The molecule has 30 heavy (non-hydrogen) atoms. The van der Waals surface area contributed by atoms with E-state index in [2.05, 4.69) is 10.2 Å². The van der Waals surface area contributed by atoms with E-state index in [4.69, 9.17) is 26.8 Å². The molecule has 1 aromatic carbocycles. The molecule has 3 heterocycles. The SMILES string of the molecule is NC1N(CC2CCOCC2O)CC2C(CNC(=O)c3cccc4c3OCCC4)C21Cl. The van der Waals surface area contributed by atoms with Crippen LogP contribution >= 0.6 is 11.6 Å². The van der Waals surface area contributed by atoms with E-state index in [-0.39, 0.29) is 29.8 Å².